The number of rotatable bonds is 4. The van der Waals surface area contributed by atoms with Gasteiger partial charge in [-0.25, -0.2) is 4.79 Å². The SMILES string of the molecule is CCOC(=O)[C@@H](CC)OC. The van der Waals surface area contributed by atoms with Crippen LogP contribution >= 0.6 is 0 Å². The minimum Gasteiger partial charge on any atom is -0.464 e. The number of ether oxygens (including phenoxy) is 2. The van der Waals surface area contributed by atoms with E-state index in [1.54, 1.807) is 6.92 Å². The molecule has 0 spiro atoms. The zero-order valence-electron chi connectivity index (χ0n) is 6.72. The van der Waals surface area contributed by atoms with Crippen LogP contribution in [0.3, 0.4) is 0 Å². The average Bonchev–Trinajstić information content (AvgIpc) is 1.91. The molecule has 0 radical (unpaired) electrons. The summed E-state index contributed by atoms with van der Waals surface area (Å²) in [4.78, 5) is 10.9. The third-order valence-corrected chi connectivity index (χ3v) is 1.20. The molecule has 0 heterocycles. The Labute approximate surface area is 61.3 Å². The second kappa shape index (κ2) is 5.23. The molecule has 0 aromatic heterocycles. The Bertz CT molecular complexity index is 97.0. The van der Waals surface area contributed by atoms with Crippen molar-refractivity contribution in [3.05, 3.63) is 0 Å². The number of hydrogen-bond acceptors (Lipinski definition) is 3. The molecule has 0 saturated carbocycles. The van der Waals surface area contributed by atoms with Crippen molar-refractivity contribution in [1.82, 2.24) is 0 Å². The molecule has 0 bridgehead atoms. The van der Waals surface area contributed by atoms with Gasteiger partial charge in [0.15, 0.2) is 6.10 Å². The first-order chi connectivity index (χ1) is 4.76. The van der Waals surface area contributed by atoms with Crippen molar-refractivity contribution in [3.8, 4) is 0 Å². The molecule has 0 saturated heterocycles. The van der Waals surface area contributed by atoms with Gasteiger partial charge in [0, 0.05) is 7.11 Å². The maximum atomic E-state index is 10.9. The molecule has 0 amide bonds. The molecule has 0 unspecified atom stereocenters. The van der Waals surface area contributed by atoms with Crippen LogP contribution in [0.5, 0.6) is 0 Å². The molecule has 0 rings (SSSR count). The summed E-state index contributed by atoms with van der Waals surface area (Å²) < 4.78 is 9.56. The molecular formula is C7H14O3. The number of carbonyl (C=O) groups is 1. The van der Waals surface area contributed by atoms with E-state index in [1.165, 1.54) is 7.11 Å². The predicted octanol–water partition coefficient (Wildman–Crippen LogP) is 0.974. The van der Waals surface area contributed by atoms with Crippen LogP contribution in [-0.2, 0) is 14.3 Å². The first-order valence-corrected chi connectivity index (χ1v) is 3.45. The number of esters is 1. The Hall–Kier alpha value is -0.570. The topological polar surface area (TPSA) is 35.5 Å². The van der Waals surface area contributed by atoms with Crippen LogP contribution in [0.4, 0.5) is 0 Å². The van der Waals surface area contributed by atoms with E-state index in [1.807, 2.05) is 6.92 Å². The van der Waals surface area contributed by atoms with Crippen molar-refractivity contribution >= 4 is 5.97 Å². The van der Waals surface area contributed by atoms with Gasteiger partial charge in [-0.05, 0) is 13.3 Å². The zero-order valence-corrected chi connectivity index (χ0v) is 6.72. The maximum absolute atomic E-state index is 10.9. The highest BCUT2D eigenvalue weighted by molar-refractivity contribution is 5.74. The van der Waals surface area contributed by atoms with Gasteiger partial charge in [-0.3, -0.25) is 0 Å². The normalized spacial score (nSPS) is 12.7. The fourth-order valence-corrected chi connectivity index (χ4v) is 0.665. The van der Waals surface area contributed by atoms with Gasteiger partial charge in [-0.2, -0.15) is 0 Å². The Morgan fingerprint density at radius 1 is 1.50 bits per heavy atom. The molecule has 0 aromatic carbocycles. The molecule has 0 aliphatic heterocycles. The van der Waals surface area contributed by atoms with Crippen molar-refractivity contribution in [3.63, 3.8) is 0 Å². The Kier molecular flexibility index (Phi) is 4.94. The van der Waals surface area contributed by atoms with E-state index in [9.17, 15) is 4.79 Å². The fraction of sp³-hybridized carbons (Fsp3) is 0.857. The van der Waals surface area contributed by atoms with Gasteiger partial charge in [-0.15, -0.1) is 0 Å². The van der Waals surface area contributed by atoms with Crippen molar-refractivity contribution in [2.75, 3.05) is 13.7 Å². The first kappa shape index (κ1) is 9.43. The van der Waals surface area contributed by atoms with Crippen molar-refractivity contribution in [1.29, 1.82) is 0 Å². The van der Waals surface area contributed by atoms with E-state index in [0.29, 0.717) is 13.0 Å². The Morgan fingerprint density at radius 3 is 2.40 bits per heavy atom. The standard InChI is InChI=1S/C7H14O3/c1-4-6(9-3)7(8)10-5-2/h6H,4-5H2,1-3H3/t6-/m1/s1. The summed E-state index contributed by atoms with van der Waals surface area (Å²) in [5, 5.41) is 0. The molecule has 0 fully saturated rings. The van der Waals surface area contributed by atoms with Gasteiger partial charge >= 0.3 is 5.97 Å². The van der Waals surface area contributed by atoms with Crippen LogP contribution in [0.25, 0.3) is 0 Å². The van der Waals surface area contributed by atoms with Crippen molar-refractivity contribution in [2.24, 2.45) is 0 Å². The smallest absolute Gasteiger partial charge is 0.335 e. The lowest BCUT2D eigenvalue weighted by atomic mass is 10.3. The van der Waals surface area contributed by atoms with E-state index in [-0.39, 0.29) is 12.1 Å². The molecule has 60 valence electrons. The van der Waals surface area contributed by atoms with Crippen LogP contribution in [0, 0.1) is 0 Å². The highest BCUT2D eigenvalue weighted by Crippen LogP contribution is 1.98. The largest absolute Gasteiger partial charge is 0.464 e. The summed E-state index contributed by atoms with van der Waals surface area (Å²) in [7, 11) is 1.51. The van der Waals surface area contributed by atoms with Gasteiger partial charge in [0.1, 0.15) is 0 Å². The number of carbonyl (C=O) groups excluding carboxylic acids is 1. The lowest BCUT2D eigenvalue weighted by molar-refractivity contribution is -0.154. The second-order valence-electron chi connectivity index (χ2n) is 1.88. The molecule has 3 heteroatoms. The van der Waals surface area contributed by atoms with Gasteiger partial charge in [0.05, 0.1) is 6.61 Å². The van der Waals surface area contributed by atoms with Gasteiger partial charge in [-0.1, -0.05) is 6.92 Å². The zero-order chi connectivity index (χ0) is 7.98. The van der Waals surface area contributed by atoms with E-state index in [0.717, 1.165) is 0 Å². The van der Waals surface area contributed by atoms with Crippen LogP contribution < -0.4 is 0 Å². The van der Waals surface area contributed by atoms with E-state index >= 15 is 0 Å². The predicted molar refractivity (Wildman–Crippen MR) is 37.7 cm³/mol. The highest BCUT2D eigenvalue weighted by atomic mass is 16.6. The quantitative estimate of drug-likeness (QED) is 0.554. The minimum absolute atomic E-state index is 0.271. The van der Waals surface area contributed by atoms with Crippen LogP contribution in [-0.4, -0.2) is 25.8 Å². The van der Waals surface area contributed by atoms with Crippen molar-refractivity contribution in [2.45, 2.75) is 26.4 Å². The van der Waals surface area contributed by atoms with Gasteiger partial charge in [0.25, 0.3) is 0 Å². The Balaban J connectivity index is 3.65. The van der Waals surface area contributed by atoms with Gasteiger partial charge < -0.3 is 9.47 Å². The molecule has 0 aliphatic carbocycles. The third kappa shape index (κ3) is 2.82. The van der Waals surface area contributed by atoms with Crippen LogP contribution in [0.2, 0.25) is 0 Å². The monoisotopic (exact) mass is 146 g/mol. The average molecular weight is 146 g/mol. The molecule has 1 atom stereocenters. The summed E-state index contributed by atoms with van der Waals surface area (Å²) in [5.41, 5.74) is 0. The lowest BCUT2D eigenvalue weighted by Crippen LogP contribution is -2.24. The molecule has 3 nitrogen and oxygen atoms in total. The lowest BCUT2D eigenvalue weighted by Gasteiger charge is -2.10. The first-order valence-electron chi connectivity index (χ1n) is 3.45. The van der Waals surface area contributed by atoms with Crippen molar-refractivity contribution < 1.29 is 14.3 Å². The summed E-state index contributed by atoms with van der Waals surface area (Å²) in [6.07, 6.45) is 0.273. The van der Waals surface area contributed by atoms with Crippen LogP contribution in [0.1, 0.15) is 20.3 Å². The molecular weight excluding hydrogens is 132 g/mol. The fourth-order valence-electron chi connectivity index (χ4n) is 0.665. The summed E-state index contributed by atoms with van der Waals surface area (Å²) in [6.45, 7) is 4.07. The van der Waals surface area contributed by atoms with E-state index < -0.39 is 0 Å². The molecule has 0 N–H and O–H groups in total. The highest BCUT2D eigenvalue weighted by Gasteiger charge is 2.15. The molecule has 0 aromatic rings. The number of hydrogen-bond donors (Lipinski definition) is 0. The molecule has 0 aliphatic rings. The summed E-state index contributed by atoms with van der Waals surface area (Å²) in [6, 6.07) is 0. The van der Waals surface area contributed by atoms with Crippen LogP contribution in [0.15, 0.2) is 0 Å². The summed E-state index contributed by atoms with van der Waals surface area (Å²) >= 11 is 0. The Morgan fingerprint density at radius 2 is 2.10 bits per heavy atom. The summed E-state index contributed by atoms with van der Waals surface area (Å²) in [5.74, 6) is -0.271. The molecule has 10 heavy (non-hydrogen) atoms. The van der Waals surface area contributed by atoms with Gasteiger partial charge in [0.2, 0.25) is 0 Å². The number of methoxy groups -OCH3 is 1. The van der Waals surface area contributed by atoms with E-state index in [4.69, 9.17) is 9.47 Å². The second-order valence-corrected chi connectivity index (χ2v) is 1.88. The maximum Gasteiger partial charge on any atom is 0.335 e. The van der Waals surface area contributed by atoms with E-state index in [2.05, 4.69) is 0 Å². The minimum atomic E-state index is -0.389. The third-order valence-electron chi connectivity index (χ3n) is 1.20.